The van der Waals surface area contributed by atoms with Crippen LogP contribution in [-0.4, -0.2) is 28.7 Å². The van der Waals surface area contributed by atoms with Gasteiger partial charge < -0.3 is 15.8 Å². The molecule has 0 saturated heterocycles. The highest BCUT2D eigenvalue weighted by atomic mass is 16.5. The molecule has 0 aromatic carbocycles. The van der Waals surface area contributed by atoms with Crippen molar-refractivity contribution in [3.05, 3.63) is 12.4 Å². The second-order valence-corrected chi connectivity index (χ2v) is 4.24. The molecule has 5 nitrogen and oxygen atoms in total. The van der Waals surface area contributed by atoms with Crippen LogP contribution in [0.25, 0.3) is 0 Å². The lowest BCUT2D eigenvalue weighted by molar-refractivity contribution is 0.265. The highest BCUT2D eigenvalue weighted by Gasteiger charge is 2.32. The fourth-order valence-corrected chi connectivity index (χ4v) is 1.74. The zero-order valence-corrected chi connectivity index (χ0v) is 9.57. The standard InChI is InChI=1S/C11H18N4O/c1-2-16-10-6-9(14-8-15-10)13-7-11(12)4-3-5-11/h6,8H,2-5,7,12H2,1H3,(H,13,14,15). The van der Waals surface area contributed by atoms with Crippen molar-refractivity contribution in [1.82, 2.24) is 9.97 Å². The van der Waals surface area contributed by atoms with Gasteiger partial charge in [0.05, 0.1) is 6.61 Å². The first-order chi connectivity index (χ1) is 7.72. The SMILES string of the molecule is CCOc1cc(NCC2(N)CCC2)ncn1. The van der Waals surface area contributed by atoms with Crippen molar-refractivity contribution in [3.63, 3.8) is 0 Å². The smallest absolute Gasteiger partial charge is 0.218 e. The van der Waals surface area contributed by atoms with Crippen LogP contribution in [0.1, 0.15) is 26.2 Å². The Morgan fingerprint density at radius 2 is 2.31 bits per heavy atom. The van der Waals surface area contributed by atoms with Crippen LogP contribution in [0.3, 0.4) is 0 Å². The Hall–Kier alpha value is -1.36. The number of aromatic nitrogens is 2. The van der Waals surface area contributed by atoms with Crippen LogP contribution >= 0.6 is 0 Å². The largest absolute Gasteiger partial charge is 0.478 e. The molecule has 1 aromatic rings. The van der Waals surface area contributed by atoms with Crippen molar-refractivity contribution >= 4 is 5.82 Å². The molecule has 88 valence electrons. The van der Waals surface area contributed by atoms with Gasteiger partial charge in [-0.25, -0.2) is 9.97 Å². The molecule has 0 spiro atoms. The summed E-state index contributed by atoms with van der Waals surface area (Å²) in [5.41, 5.74) is 6.07. The van der Waals surface area contributed by atoms with Gasteiger partial charge in [0.1, 0.15) is 12.1 Å². The molecule has 2 rings (SSSR count). The lowest BCUT2D eigenvalue weighted by Gasteiger charge is -2.38. The summed E-state index contributed by atoms with van der Waals surface area (Å²) in [7, 11) is 0. The van der Waals surface area contributed by atoms with Gasteiger partial charge in [0.25, 0.3) is 0 Å². The lowest BCUT2D eigenvalue weighted by Crippen LogP contribution is -2.52. The van der Waals surface area contributed by atoms with E-state index in [1.54, 1.807) is 6.07 Å². The number of hydrogen-bond donors (Lipinski definition) is 2. The summed E-state index contributed by atoms with van der Waals surface area (Å²) >= 11 is 0. The third-order valence-corrected chi connectivity index (χ3v) is 2.91. The second kappa shape index (κ2) is 4.65. The van der Waals surface area contributed by atoms with E-state index in [0.29, 0.717) is 12.5 Å². The molecule has 3 N–H and O–H groups in total. The van der Waals surface area contributed by atoms with Crippen LogP contribution in [0.5, 0.6) is 5.88 Å². The van der Waals surface area contributed by atoms with Crippen LogP contribution < -0.4 is 15.8 Å². The molecule has 1 saturated carbocycles. The van der Waals surface area contributed by atoms with Gasteiger partial charge in [-0.3, -0.25) is 0 Å². The number of nitrogens with one attached hydrogen (secondary N) is 1. The average molecular weight is 222 g/mol. The van der Waals surface area contributed by atoms with Crippen molar-refractivity contribution in [2.75, 3.05) is 18.5 Å². The molecular weight excluding hydrogens is 204 g/mol. The molecule has 0 atom stereocenters. The third-order valence-electron chi connectivity index (χ3n) is 2.91. The molecule has 1 fully saturated rings. The van der Waals surface area contributed by atoms with E-state index in [4.69, 9.17) is 10.5 Å². The molecule has 1 aromatic heterocycles. The Morgan fingerprint density at radius 3 is 2.94 bits per heavy atom. The number of ether oxygens (including phenoxy) is 1. The van der Waals surface area contributed by atoms with E-state index in [1.807, 2.05) is 6.92 Å². The third kappa shape index (κ3) is 2.61. The monoisotopic (exact) mass is 222 g/mol. The predicted octanol–water partition coefficient (Wildman–Crippen LogP) is 1.17. The van der Waals surface area contributed by atoms with Gasteiger partial charge >= 0.3 is 0 Å². The van der Waals surface area contributed by atoms with Crippen molar-refractivity contribution < 1.29 is 4.74 Å². The Kier molecular flexibility index (Phi) is 3.24. The van der Waals surface area contributed by atoms with E-state index in [0.717, 1.165) is 25.2 Å². The topological polar surface area (TPSA) is 73.1 Å². The van der Waals surface area contributed by atoms with Crippen LogP contribution in [-0.2, 0) is 0 Å². The van der Waals surface area contributed by atoms with Gasteiger partial charge in [-0.05, 0) is 26.2 Å². The minimum Gasteiger partial charge on any atom is -0.478 e. The number of hydrogen-bond acceptors (Lipinski definition) is 5. The average Bonchev–Trinajstić information content (AvgIpc) is 2.25. The summed E-state index contributed by atoms with van der Waals surface area (Å²) in [5, 5.41) is 3.23. The minimum absolute atomic E-state index is 0.0449. The van der Waals surface area contributed by atoms with E-state index >= 15 is 0 Å². The summed E-state index contributed by atoms with van der Waals surface area (Å²) in [4.78, 5) is 8.13. The quantitative estimate of drug-likeness (QED) is 0.782. The van der Waals surface area contributed by atoms with Crippen LogP contribution in [0, 0.1) is 0 Å². The molecular formula is C11H18N4O. The summed E-state index contributed by atoms with van der Waals surface area (Å²) in [5.74, 6) is 1.37. The Labute approximate surface area is 95.4 Å². The van der Waals surface area contributed by atoms with Crippen molar-refractivity contribution in [1.29, 1.82) is 0 Å². The van der Waals surface area contributed by atoms with Gasteiger partial charge in [-0.1, -0.05) is 0 Å². The summed E-state index contributed by atoms with van der Waals surface area (Å²) in [6.45, 7) is 3.30. The second-order valence-electron chi connectivity index (χ2n) is 4.24. The zero-order chi connectivity index (χ0) is 11.4. The van der Waals surface area contributed by atoms with E-state index in [1.165, 1.54) is 12.7 Å². The predicted molar refractivity (Wildman–Crippen MR) is 62.5 cm³/mol. The first-order valence-electron chi connectivity index (χ1n) is 5.69. The van der Waals surface area contributed by atoms with Crippen molar-refractivity contribution in [2.45, 2.75) is 31.7 Å². The fraction of sp³-hybridized carbons (Fsp3) is 0.636. The zero-order valence-electron chi connectivity index (χ0n) is 9.57. The van der Waals surface area contributed by atoms with Gasteiger partial charge in [0.15, 0.2) is 0 Å². The molecule has 0 unspecified atom stereocenters. The molecule has 0 radical (unpaired) electrons. The molecule has 16 heavy (non-hydrogen) atoms. The highest BCUT2D eigenvalue weighted by molar-refractivity contribution is 5.37. The van der Waals surface area contributed by atoms with E-state index in [9.17, 15) is 0 Å². The van der Waals surface area contributed by atoms with Crippen molar-refractivity contribution in [2.24, 2.45) is 5.73 Å². The van der Waals surface area contributed by atoms with Gasteiger partial charge in [0, 0.05) is 18.2 Å². The van der Waals surface area contributed by atoms with E-state index in [2.05, 4.69) is 15.3 Å². The maximum absolute atomic E-state index is 6.11. The molecule has 5 heteroatoms. The summed E-state index contributed by atoms with van der Waals surface area (Å²) in [6.07, 6.45) is 4.90. The Morgan fingerprint density at radius 1 is 1.50 bits per heavy atom. The molecule has 0 aliphatic heterocycles. The van der Waals surface area contributed by atoms with Crippen molar-refractivity contribution in [3.8, 4) is 5.88 Å². The first-order valence-corrected chi connectivity index (χ1v) is 5.69. The van der Waals surface area contributed by atoms with Gasteiger partial charge in [-0.15, -0.1) is 0 Å². The van der Waals surface area contributed by atoms with E-state index < -0.39 is 0 Å². The fourth-order valence-electron chi connectivity index (χ4n) is 1.74. The number of nitrogens with zero attached hydrogens (tertiary/aromatic N) is 2. The number of rotatable bonds is 5. The minimum atomic E-state index is -0.0449. The molecule has 1 heterocycles. The number of anilines is 1. The maximum Gasteiger partial charge on any atom is 0.218 e. The molecule has 1 aliphatic carbocycles. The Bertz CT molecular complexity index is 352. The van der Waals surface area contributed by atoms with Crippen LogP contribution in [0.2, 0.25) is 0 Å². The summed E-state index contributed by atoms with van der Waals surface area (Å²) in [6, 6.07) is 1.80. The number of nitrogens with two attached hydrogens (primary N) is 1. The normalized spacial score (nSPS) is 17.6. The maximum atomic E-state index is 6.11. The Balaban J connectivity index is 1.90. The molecule has 0 amide bonds. The lowest BCUT2D eigenvalue weighted by atomic mass is 9.78. The molecule has 1 aliphatic rings. The van der Waals surface area contributed by atoms with E-state index in [-0.39, 0.29) is 5.54 Å². The molecule has 0 bridgehead atoms. The highest BCUT2D eigenvalue weighted by Crippen LogP contribution is 2.29. The summed E-state index contributed by atoms with van der Waals surface area (Å²) < 4.78 is 5.30. The van der Waals surface area contributed by atoms with Crippen LogP contribution in [0.4, 0.5) is 5.82 Å². The first kappa shape index (κ1) is 11.1. The van der Waals surface area contributed by atoms with Gasteiger partial charge in [0.2, 0.25) is 5.88 Å². The van der Waals surface area contributed by atoms with Crippen LogP contribution in [0.15, 0.2) is 12.4 Å². The van der Waals surface area contributed by atoms with Gasteiger partial charge in [-0.2, -0.15) is 0 Å².